The van der Waals surface area contributed by atoms with E-state index in [0.717, 1.165) is 5.56 Å². The summed E-state index contributed by atoms with van der Waals surface area (Å²) in [6.07, 6.45) is 0. The molecular formula is C15H19NO3S. The summed E-state index contributed by atoms with van der Waals surface area (Å²) >= 11 is 1.54. The molecular weight excluding hydrogens is 274 g/mol. The van der Waals surface area contributed by atoms with Crippen LogP contribution in [0.3, 0.4) is 0 Å². The number of rotatable bonds is 4. The monoisotopic (exact) mass is 293 g/mol. The minimum atomic E-state index is -0.927. The normalized spacial score (nSPS) is 19.2. The smallest absolute Gasteiger partial charge is 0.331 e. The molecule has 1 aromatic carbocycles. The van der Waals surface area contributed by atoms with Crippen LogP contribution in [0.1, 0.15) is 31.6 Å². The summed E-state index contributed by atoms with van der Waals surface area (Å²) in [5, 5.41) is -0.232. The van der Waals surface area contributed by atoms with E-state index < -0.39 is 5.54 Å². The minimum Gasteiger partial charge on any atom is -0.464 e. The fraction of sp³-hybridized carbons (Fsp3) is 0.467. The molecule has 1 aliphatic heterocycles. The van der Waals surface area contributed by atoms with Gasteiger partial charge in [-0.15, -0.1) is 11.8 Å². The van der Waals surface area contributed by atoms with Gasteiger partial charge in [0.15, 0.2) is 0 Å². The van der Waals surface area contributed by atoms with Crippen LogP contribution in [-0.2, 0) is 14.3 Å². The second-order valence-corrected chi connectivity index (χ2v) is 6.20. The lowest BCUT2D eigenvalue weighted by molar-refractivity contribution is -0.160. The highest BCUT2D eigenvalue weighted by Gasteiger charge is 2.45. The van der Waals surface area contributed by atoms with Gasteiger partial charge in [0.05, 0.1) is 12.5 Å². The first-order valence-corrected chi connectivity index (χ1v) is 7.68. The second kappa shape index (κ2) is 5.87. The Morgan fingerprint density at radius 3 is 2.65 bits per heavy atom. The number of esters is 1. The van der Waals surface area contributed by atoms with Crippen LogP contribution in [0.15, 0.2) is 30.3 Å². The van der Waals surface area contributed by atoms with E-state index in [1.807, 2.05) is 30.3 Å². The van der Waals surface area contributed by atoms with Crippen LogP contribution in [0, 0.1) is 0 Å². The Balaban J connectivity index is 2.17. The summed E-state index contributed by atoms with van der Waals surface area (Å²) in [6.45, 7) is 5.55. The SMILES string of the molecule is CCOC(=O)C(C)(C)N1CSC(c2ccccc2)C1=O. The third-order valence-corrected chi connectivity index (χ3v) is 4.63. The van der Waals surface area contributed by atoms with E-state index in [9.17, 15) is 9.59 Å². The topological polar surface area (TPSA) is 46.6 Å². The van der Waals surface area contributed by atoms with Crippen molar-refractivity contribution in [2.45, 2.75) is 31.6 Å². The van der Waals surface area contributed by atoms with E-state index in [-0.39, 0.29) is 17.1 Å². The van der Waals surface area contributed by atoms with Crippen molar-refractivity contribution >= 4 is 23.6 Å². The first kappa shape index (κ1) is 14.9. The van der Waals surface area contributed by atoms with E-state index >= 15 is 0 Å². The van der Waals surface area contributed by atoms with Gasteiger partial charge in [0.25, 0.3) is 0 Å². The molecule has 108 valence electrons. The molecule has 1 aromatic rings. The average molecular weight is 293 g/mol. The largest absolute Gasteiger partial charge is 0.464 e. The maximum absolute atomic E-state index is 12.6. The molecule has 1 unspecified atom stereocenters. The molecule has 4 nitrogen and oxygen atoms in total. The van der Waals surface area contributed by atoms with Crippen LogP contribution in [0.5, 0.6) is 0 Å². The fourth-order valence-corrected chi connectivity index (χ4v) is 3.51. The Hall–Kier alpha value is -1.49. The number of carbonyl (C=O) groups excluding carboxylic acids is 2. The number of nitrogens with zero attached hydrogens (tertiary/aromatic N) is 1. The van der Waals surface area contributed by atoms with E-state index in [0.29, 0.717) is 12.5 Å². The maximum atomic E-state index is 12.6. The Morgan fingerprint density at radius 1 is 1.40 bits per heavy atom. The molecule has 0 aromatic heterocycles. The quantitative estimate of drug-likeness (QED) is 0.801. The Bertz CT molecular complexity index is 501. The van der Waals surface area contributed by atoms with E-state index in [1.165, 1.54) is 0 Å². The van der Waals surface area contributed by atoms with E-state index in [4.69, 9.17) is 4.74 Å². The highest BCUT2D eigenvalue weighted by Crippen LogP contribution is 2.40. The average Bonchev–Trinajstić information content (AvgIpc) is 2.82. The van der Waals surface area contributed by atoms with Gasteiger partial charge in [-0.25, -0.2) is 4.79 Å². The van der Waals surface area contributed by atoms with E-state index in [1.54, 1.807) is 37.4 Å². The van der Waals surface area contributed by atoms with E-state index in [2.05, 4.69) is 0 Å². The molecule has 0 bridgehead atoms. The predicted molar refractivity (Wildman–Crippen MR) is 79.2 cm³/mol. The number of benzene rings is 1. The molecule has 1 aliphatic rings. The fourth-order valence-electron chi connectivity index (χ4n) is 2.15. The molecule has 5 heteroatoms. The summed E-state index contributed by atoms with van der Waals surface area (Å²) in [5.41, 5.74) is 0.0496. The molecule has 20 heavy (non-hydrogen) atoms. The molecule has 1 saturated heterocycles. The zero-order valence-corrected chi connectivity index (χ0v) is 12.8. The summed E-state index contributed by atoms with van der Waals surface area (Å²) in [7, 11) is 0. The molecule has 0 N–H and O–H groups in total. The van der Waals surface area contributed by atoms with Gasteiger partial charge in [-0.1, -0.05) is 30.3 Å². The lowest BCUT2D eigenvalue weighted by Gasteiger charge is -2.32. The van der Waals surface area contributed by atoms with Crippen LogP contribution in [0.25, 0.3) is 0 Å². The van der Waals surface area contributed by atoms with Gasteiger partial charge in [0, 0.05) is 0 Å². The molecule has 1 atom stereocenters. The molecule has 0 spiro atoms. The van der Waals surface area contributed by atoms with Crippen molar-refractivity contribution in [3.8, 4) is 0 Å². The molecule has 1 heterocycles. The van der Waals surface area contributed by atoms with Crippen LogP contribution in [-0.4, -0.2) is 34.8 Å². The molecule has 1 amide bonds. The lowest BCUT2D eigenvalue weighted by atomic mass is 10.0. The first-order valence-electron chi connectivity index (χ1n) is 6.63. The summed E-state index contributed by atoms with van der Waals surface area (Å²) in [5.74, 6) is 0.117. The summed E-state index contributed by atoms with van der Waals surface area (Å²) < 4.78 is 5.07. The number of carbonyl (C=O) groups is 2. The highest BCUT2D eigenvalue weighted by molar-refractivity contribution is 8.00. The molecule has 2 rings (SSSR count). The van der Waals surface area contributed by atoms with Crippen molar-refractivity contribution in [2.75, 3.05) is 12.5 Å². The molecule has 0 saturated carbocycles. The van der Waals surface area contributed by atoms with Gasteiger partial charge in [0.2, 0.25) is 5.91 Å². The van der Waals surface area contributed by atoms with Crippen molar-refractivity contribution in [3.63, 3.8) is 0 Å². The van der Waals surface area contributed by atoms with Crippen LogP contribution >= 0.6 is 11.8 Å². The maximum Gasteiger partial charge on any atom is 0.331 e. The van der Waals surface area contributed by atoms with Crippen LogP contribution in [0.2, 0.25) is 0 Å². The highest BCUT2D eigenvalue weighted by atomic mass is 32.2. The summed E-state index contributed by atoms with van der Waals surface area (Å²) in [6, 6.07) is 9.64. The Morgan fingerprint density at radius 2 is 2.05 bits per heavy atom. The van der Waals surface area contributed by atoms with Crippen LogP contribution < -0.4 is 0 Å². The molecule has 0 aliphatic carbocycles. The van der Waals surface area contributed by atoms with Gasteiger partial charge in [-0.2, -0.15) is 0 Å². The van der Waals surface area contributed by atoms with Gasteiger partial charge in [-0.05, 0) is 26.3 Å². The molecule has 0 radical (unpaired) electrons. The number of hydrogen-bond acceptors (Lipinski definition) is 4. The van der Waals surface area contributed by atoms with Gasteiger partial charge >= 0.3 is 5.97 Å². The van der Waals surface area contributed by atoms with Crippen molar-refractivity contribution in [2.24, 2.45) is 0 Å². The van der Waals surface area contributed by atoms with Crippen LogP contribution in [0.4, 0.5) is 0 Å². The standard InChI is InChI=1S/C15H19NO3S/c1-4-19-14(18)15(2,3)16-10-20-12(13(16)17)11-8-6-5-7-9-11/h5-9,12H,4,10H2,1-3H3. The third-order valence-electron chi connectivity index (χ3n) is 3.41. The Labute approximate surface area is 123 Å². The zero-order valence-electron chi connectivity index (χ0n) is 12.0. The van der Waals surface area contributed by atoms with Gasteiger partial charge < -0.3 is 9.64 Å². The minimum absolute atomic E-state index is 0.0285. The van der Waals surface area contributed by atoms with Crippen molar-refractivity contribution in [3.05, 3.63) is 35.9 Å². The zero-order chi connectivity index (χ0) is 14.8. The van der Waals surface area contributed by atoms with Gasteiger partial charge in [0.1, 0.15) is 10.8 Å². The second-order valence-electron chi connectivity index (χ2n) is 5.13. The van der Waals surface area contributed by atoms with Crippen molar-refractivity contribution in [1.29, 1.82) is 0 Å². The van der Waals surface area contributed by atoms with Gasteiger partial charge in [-0.3, -0.25) is 4.79 Å². The molecule has 1 fully saturated rings. The van der Waals surface area contributed by atoms with Crippen molar-refractivity contribution < 1.29 is 14.3 Å². The number of ether oxygens (including phenoxy) is 1. The Kier molecular flexibility index (Phi) is 4.38. The predicted octanol–water partition coefficient (Wildman–Crippen LogP) is 2.60. The third kappa shape index (κ3) is 2.68. The number of amides is 1. The number of hydrogen-bond donors (Lipinski definition) is 0. The first-order chi connectivity index (χ1) is 9.48. The summed E-state index contributed by atoms with van der Waals surface area (Å²) in [4.78, 5) is 26.2. The van der Waals surface area contributed by atoms with Crippen molar-refractivity contribution in [1.82, 2.24) is 4.90 Å². The lowest BCUT2D eigenvalue weighted by Crippen LogP contribution is -2.51. The number of thioether (sulfide) groups is 1.